The largest absolute Gasteiger partial charge is 0.306 e. The molecule has 1 amide bonds. The number of anilines is 1. The molecule has 0 aromatic carbocycles. The summed E-state index contributed by atoms with van der Waals surface area (Å²) in [5, 5.41) is 12.7. The van der Waals surface area contributed by atoms with Gasteiger partial charge in [-0.1, -0.05) is 6.92 Å². The third-order valence-electron chi connectivity index (χ3n) is 3.98. The number of nitrogens with zero attached hydrogens (tertiary/aromatic N) is 4. The molecule has 4 rings (SSSR count). The van der Waals surface area contributed by atoms with Gasteiger partial charge in [-0.25, -0.2) is 0 Å². The number of aryl methyl sites for hydroxylation is 1. The van der Waals surface area contributed by atoms with Crippen molar-refractivity contribution in [3.63, 3.8) is 0 Å². The van der Waals surface area contributed by atoms with E-state index in [1.807, 2.05) is 15.8 Å². The molecule has 1 unspecified atom stereocenters. The van der Waals surface area contributed by atoms with Crippen molar-refractivity contribution in [1.82, 2.24) is 19.0 Å². The Morgan fingerprint density at radius 3 is 3.24 bits per heavy atom. The monoisotopic (exact) mass is 299 g/mol. The van der Waals surface area contributed by atoms with Crippen molar-refractivity contribution >= 4 is 28.9 Å². The van der Waals surface area contributed by atoms with Crippen LogP contribution in [0.5, 0.6) is 0 Å². The minimum atomic E-state index is -0.194. The Kier molecular flexibility index (Phi) is 2.75. The van der Waals surface area contributed by atoms with E-state index < -0.39 is 0 Å². The summed E-state index contributed by atoms with van der Waals surface area (Å²) in [6.07, 6.45) is 3.78. The fourth-order valence-corrected chi connectivity index (χ4v) is 3.36. The first-order valence-electron chi connectivity index (χ1n) is 6.81. The SMILES string of the molecule is CC1CCc2c1cc(C(=O)Nc1ccsn1)c1nncn21. The third kappa shape index (κ3) is 1.92. The highest BCUT2D eigenvalue weighted by Gasteiger charge is 2.25. The van der Waals surface area contributed by atoms with E-state index in [1.165, 1.54) is 22.8 Å². The van der Waals surface area contributed by atoms with E-state index in [9.17, 15) is 4.79 Å². The predicted octanol–water partition coefficient (Wildman–Crippen LogP) is 2.49. The maximum absolute atomic E-state index is 12.5. The lowest BCUT2D eigenvalue weighted by atomic mass is 10.0. The molecular weight excluding hydrogens is 286 g/mol. The molecule has 3 aromatic heterocycles. The van der Waals surface area contributed by atoms with Crippen molar-refractivity contribution in [2.75, 3.05) is 5.32 Å². The van der Waals surface area contributed by atoms with E-state index in [-0.39, 0.29) is 5.91 Å². The number of fused-ring (bicyclic) bond motifs is 3. The van der Waals surface area contributed by atoms with Crippen molar-refractivity contribution in [1.29, 1.82) is 0 Å². The van der Waals surface area contributed by atoms with Crippen LogP contribution in [0.2, 0.25) is 0 Å². The van der Waals surface area contributed by atoms with E-state index in [1.54, 1.807) is 12.4 Å². The number of pyridine rings is 1. The van der Waals surface area contributed by atoms with Crippen LogP contribution in [0.25, 0.3) is 5.65 Å². The van der Waals surface area contributed by atoms with Gasteiger partial charge in [-0.15, -0.1) is 10.2 Å². The zero-order valence-electron chi connectivity index (χ0n) is 11.4. The highest BCUT2D eigenvalue weighted by Crippen LogP contribution is 2.34. The first-order valence-corrected chi connectivity index (χ1v) is 7.65. The zero-order valence-corrected chi connectivity index (χ0v) is 12.2. The van der Waals surface area contributed by atoms with Crippen LogP contribution in [0.4, 0.5) is 5.82 Å². The average molecular weight is 299 g/mol. The van der Waals surface area contributed by atoms with Gasteiger partial charge in [0.1, 0.15) is 12.1 Å². The molecule has 1 aliphatic carbocycles. The minimum absolute atomic E-state index is 0.194. The van der Waals surface area contributed by atoms with E-state index in [0.29, 0.717) is 22.9 Å². The summed E-state index contributed by atoms with van der Waals surface area (Å²) in [6.45, 7) is 2.18. The van der Waals surface area contributed by atoms with Gasteiger partial charge in [0.2, 0.25) is 0 Å². The Hall–Kier alpha value is -2.28. The molecule has 0 spiro atoms. The summed E-state index contributed by atoms with van der Waals surface area (Å²) >= 11 is 1.30. The maximum Gasteiger partial charge on any atom is 0.260 e. The fourth-order valence-electron chi connectivity index (χ4n) is 2.89. The lowest BCUT2D eigenvalue weighted by Gasteiger charge is -2.10. The molecule has 0 saturated carbocycles. The van der Waals surface area contributed by atoms with Gasteiger partial charge in [-0.2, -0.15) is 4.37 Å². The summed E-state index contributed by atoms with van der Waals surface area (Å²) in [7, 11) is 0. The Bertz CT molecular complexity index is 823. The lowest BCUT2D eigenvalue weighted by molar-refractivity contribution is 0.102. The molecule has 0 fully saturated rings. The molecule has 106 valence electrons. The number of hydrogen-bond donors (Lipinski definition) is 1. The number of hydrogen-bond acceptors (Lipinski definition) is 5. The third-order valence-corrected chi connectivity index (χ3v) is 4.54. The number of aromatic nitrogens is 4. The van der Waals surface area contributed by atoms with Gasteiger partial charge in [0.15, 0.2) is 5.65 Å². The highest BCUT2D eigenvalue weighted by molar-refractivity contribution is 7.03. The first kappa shape index (κ1) is 12.5. The van der Waals surface area contributed by atoms with E-state index >= 15 is 0 Å². The van der Waals surface area contributed by atoms with Crippen LogP contribution in [0.3, 0.4) is 0 Å². The van der Waals surface area contributed by atoms with Crippen LogP contribution in [0, 0.1) is 0 Å². The molecule has 1 N–H and O–H groups in total. The van der Waals surface area contributed by atoms with Gasteiger partial charge < -0.3 is 5.32 Å². The van der Waals surface area contributed by atoms with Crippen LogP contribution < -0.4 is 5.32 Å². The van der Waals surface area contributed by atoms with E-state index in [2.05, 4.69) is 26.8 Å². The Morgan fingerprint density at radius 1 is 1.52 bits per heavy atom. The maximum atomic E-state index is 12.5. The topological polar surface area (TPSA) is 72.2 Å². The van der Waals surface area contributed by atoms with Crippen LogP contribution in [-0.2, 0) is 6.42 Å². The summed E-state index contributed by atoms with van der Waals surface area (Å²) in [5.74, 6) is 0.828. The summed E-state index contributed by atoms with van der Waals surface area (Å²) in [6, 6.07) is 3.73. The molecule has 0 radical (unpaired) electrons. The number of rotatable bonds is 2. The van der Waals surface area contributed by atoms with Gasteiger partial charge in [0, 0.05) is 11.1 Å². The van der Waals surface area contributed by atoms with Crippen LogP contribution >= 0.6 is 11.5 Å². The number of nitrogens with one attached hydrogen (secondary N) is 1. The van der Waals surface area contributed by atoms with Gasteiger partial charge in [-0.05, 0) is 48.0 Å². The van der Waals surface area contributed by atoms with Crippen LogP contribution in [0.15, 0.2) is 23.8 Å². The summed E-state index contributed by atoms with van der Waals surface area (Å²) in [5.41, 5.74) is 3.59. The van der Waals surface area contributed by atoms with Crippen molar-refractivity contribution < 1.29 is 4.79 Å². The molecule has 1 atom stereocenters. The van der Waals surface area contributed by atoms with Crippen molar-refractivity contribution in [2.45, 2.75) is 25.7 Å². The van der Waals surface area contributed by atoms with E-state index in [4.69, 9.17) is 0 Å². The number of amides is 1. The standard InChI is InChI=1S/C14H13N5OS/c1-8-2-3-11-9(8)6-10(13-17-15-7-19(11)13)14(20)16-12-4-5-21-18-12/h4-8H,2-3H2,1H3,(H,16,18,20). The van der Waals surface area contributed by atoms with Gasteiger partial charge in [-0.3, -0.25) is 9.20 Å². The molecule has 3 heterocycles. The lowest BCUT2D eigenvalue weighted by Crippen LogP contribution is -2.15. The molecule has 21 heavy (non-hydrogen) atoms. The number of carbonyl (C=O) groups excluding carboxylic acids is 1. The second kappa shape index (κ2) is 4.63. The highest BCUT2D eigenvalue weighted by atomic mass is 32.1. The van der Waals surface area contributed by atoms with Gasteiger partial charge in [0.05, 0.1) is 5.56 Å². The molecule has 0 saturated heterocycles. The minimum Gasteiger partial charge on any atom is -0.306 e. The summed E-state index contributed by atoms with van der Waals surface area (Å²) < 4.78 is 6.04. The second-order valence-electron chi connectivity index (χ2n) is 5.26. The predicted molar refractivity (Wildman–Crippen MR) is 79.8 cm³/mol. The second-order valence-corrected chi connectivity index (χ2v) is 5.93. The molecular formula is C14H13N5OS. The van der Waals surface area contributed by atoms with Crippen molar-refractivity contribution in [2.24, 2.45) is 0 Å². The Balaban J connectivity index is 1.83. The molecule has 6 nitrogen and oxygen atoms in total. The summed E-state index contributed by atoms with van der Waals surface area (Å²) in [4.78, 5) is 12.5. The molecule has 7 heteroatoms. The van der Waals surface area contributed by atoms with Gasteiger partial charge in [0.25, 0.3) is 5.91 Å². The smallest absolute Gasteiger partial charge is 0.260 e. The van der Waals surface area contributed by atoms with Crippen molar-refractivity contribution in [3.8, 4) is 0 Å². The zero-order chi connectivity index (χ0) is 14.4. The molecule has 3 aromatic rings. The van der Waals surface area contributed by atoms with Crippen molar-refractivity contribution in [3.05, 3.63) is 40.7 Å². The first-order chi connectivity index (χ1) is 10.2. The quantitative estimate of drug-likeness (QED) is 0.789. The Morgan fingerprint density at radius 2 is 2.43 bits per heavy atom. The normalized spacial score (nSPS) is 17.1. The van der Waals surface area contributed by atoms with Crippen LogP contribution in [0.1, 0.15) is 40.9 Å². The fraction of sp³-hybridized carbons (Fsp3) is 0.286. The van der Waals surface area contributed by atoms with Crippen LogP contribution in [-0.4, -0.2) is 24.9 Å². The Labute approximate surface area is 125 Å². The number of carbonyl (C=O) groups is 1. The van der Waals surface area contributed by atoms with E-state index in [0.717, 1.165) is 12.8 Å². The molecule has 0 aliphatic heterocycles. The van der Waals surface area contributed by atoms with Gasteiger partial charge >= 0.3 is 0 Å². The molecule has 0 bridgehead atoms. The average Bonchev–Trinajstić information content (AvgIpc) is 3.18. The molecule has 1 aliphatic rings.